The number of unbranched alkanes of at least 4 members (excludes halogenated alkanes) is 1. The summed E-state index contributed by atoms with van der Waals surface area (Å²) in [4.78, 5) is 22.7. The van der Waals surface area contributed by atoms with Gasteiger partial charge >= 0.3 is 5.97 Å². The first kappa shape index (κ1) is 29.5. The second-order valence-corrected chi connectivity index (χ2v) is 10.7. The lowest BCUT2D eigenvalue weighted by Gasteiger charge is -2.36. The Kier molecular flexibility index (Phi) is 10.9. The molecule has 0 bridgehead atoms. The van der Waals surface area contributed by atoms with Gasteiger partial charge in [-0.15, -0.1) is 0 Å². The second-order valence-electron chi connectivity index (χ2n) is 9.64. The highest BCUT2D eigenvalue weighted by atomic mass is 32.2. The number of aromatic nitrogens is 1. The summed E-state index contributed by atoms with van der Waals surface area (Å²) < 4.78 is 13.6. The van der Waals surface area contributed by atoms with Crippen molar-refractivity contribution in [3.05, 3.63) is 100 Å². The molecule has 1 aliphatic heterocycles. The van der Waals surface area contributed by atoms with Crippen LogP contribution in [0.5, 0.6) is 0 Å². The van der Waals surface area contributed by atoms with E-state index in [1.807, 2.05) is 54.6 Å². The summed E-state index contributed by atoms with van der Waals surface area (Å²) in [7, 11) is 0. The van der Waals surface area contributed by atoms with Crippen LogP contribution in [0.25, 0.3) is 0 Å². The number of carboxylic acids is 1. The highest BCUT2D eigenvalue weighted by Gasteiger charge is 2.32. The number of pyridine rings is 1. The van der Waals surface area contributed by atoms with Crippen molar-refractivity contribution in [2.24, 2.45) is 0 Å². The number of aliphatic hydroxyl groups is 1. The molecule has 212 valence electrons. The van der Waals surface area contributed by atoms with Gasteiger partial charge in [0.25, 0.3) is 5.03 Å². The van der Waals surface area contributed by atoms with Crippen LogP contribution in [0, 0.1) is 5.21 Å². The largest absolute Gasteiger partial charge is 0.618 e. The molecule has 1 aromatic heterocycles. The van der Waals surface area contributed by atoms with Gasteiger partial charge in [-0.1, -0.05) is 60.3 Å². The van der Waals surface area contributed by atoms with Gasteiger partial charge in [-0.2, -0.15) is 4.73 Å². The minimum Gasteiger partial charge on any atom is -0.618 e. The minimum atomic E-state index is -0.853. The van der Waals surface area contributed by atoms with E-state index in [9.17, 15) is 19.9 Å². The topological polar surface area (TPSA) is 132 Å². The summed E-state index contributed by atoms with van der Waals surface area (Å²) in [6, 6.07) is 20.7. The molecule has 2 heterocycles. The maximum absolute atomic E-state index is 12.1. The molecule has 1 fully saturated rings. The first-order valence-corrected chi connectivity index (χ1v) is 14.3. The van der Waals surface area contributed by atoms with E-state index in [4.69, 9.17) is 14.6 Å². The number of nitrogens with one attached hydrogen (secondary N) is 1. The number of thioether (sulfide) groups is 1. The van der Waals surface area contributed by atoms with E-state index in [1.54, 1.807) is 12.1 Å². The Morgan fingerprint density at radius 2 is 1.65 bits per heavy atom. The number of amides is 1. The SMILES string of the molecule is O=C(O)CCCCC(=O)NCc1ccc([C@@H]2O[C@H](CSc3cccc[n+]3[O-])C[C@H](c3ccc(CO)cc3)O2)cc1. The van der Waals surface area contributed by atoms with Crippen molar-refractivity contribution in [3.63, 3.8) is 0 Å². The van der Waals surface area contributed by atoms with Crippen LogP contribution in [0.3, 0.4) is 0 Å². The van der Waals surface area contributed by atoms with E-state index < -0.39 is 12.3 Å². The van der Waals surface area contributed by atoms with E-state index in [2.05, 4.69) is 5.32 Å². The highest BCUT2D eigenvalue weighted by Crippen LogP contribution is 2.39. The van der Waals surface area contributed by atoms with E-state index in [1.165, 1.54) is 18.0 Å². The molecule has 1 saturated heterocycles. The van der Waals surface area contributed by atoms with Gasteiger partial charge in [0.2, 0.25) is 5.91 Å². The third-order valence-corrected chi connectivity index (χ3v) is 7.76. The first-order valence-electron chi connectivity index (χ1n) is 13.3. The zero-order chi connectivity index (χ0) is 28.3. The van der Waals surface area contributed by atoms with Crippen LogP contribution in [0.1, 0.15) is 66.8 Å². The lowest BCUT2D eigenvalue weighted by molar-refractivity contribution is -0.645. The smallest absolute Gasteiger partial charge is 0.303 e. The monoisotopic (exact) mass is 566 g/mol. The fraction of sp³-hybridized carbons (Fsp3) is 0.367. The van der Waals surface area contributed by atoms with Gasteiger partial charge in [-0.3, -0.25) is 9.59 Å². The Labute approximate surface area is 237 Å². The number of carboxylic acid groups (broad SMARTS) is 1. The van der Waals surface area contributed by atoms with Crippen LogP contribution >= 0.6 is 11.8 Å². The number of carbonyl (C=O) groups excluding carboxylic acids is 1. The van der Waals surface area contributed by atoms with Gasteiger partial charge in [0, 0.05) is 49.3 Å². The van der Waals surface area contributed by atoms with Gasteiger partial charge in [-0.05, 0) is 35.6 Å². The standard InChI is InChI=1S/C30H34N2O7S/c33-19-22-10-12-23(13-11-22)26-17-25(20-40-28-6-3-4-16-32(28)37)38-30(39-26)24-14-8-21(9-15-24)18-31-27(34)5-1-2-7-29(35)36/h3-4,6,8-16,25-26,30,33H,1-2,5,7,17-20H2,(H,31,34)(H,35,36)/t25-,26+,30+/m0/s1. The van der Waals surface area contributed by atoms with E-state index in [0.29, 0.717) is 43.0 Å². The van der Waals surface area contributed by atoms with Crippen LogP contribution in [0.4, 0.5) is 0 Å². The van der Waals surface area contributed by atoms with Gasteiger partial charge in [-0.25, -0.2) is 0 Å². The van der Waals surface area contributed by atoms with E-state index >= 15 is 0 Å². The molecule has 3 N–H and O–H groups in total. The number of carbonyl (C=O) groups is 2. The van der Waals surface area contributed by atoms with Crippen LogP contribution < -0.4 is 10.0 Å². The summed E-state index contributed by atoms with van der Waals surface area (Å²) in [6.07, 6.45) is 2.45. The molecule has 2 aromatic carbocycles. The summed E-state index contributed by atoms with van der Waals surface area (Å²) in [5.74, 6) is -0.385. The summed E-state index contributed by atoms with van der Waals surface area (Å²) >= 11 is 1.44. The van der Waals surface area contributed by atoms with E-state index in [0.717, 1.165) is 27.0 Å². The molecule has 3 atom stereocenters. The second kappa shape index (κ2) is 14.8. The van der Waals surface area contributed by atoms with Crippen molar-refractivity contribution >= 4 is 23.6 Å². The molecule has 40 heavy (non-hydrogen) atoms. The molecule has 0 saturated carbocycles. The number of aliphatic hydroxyl groups excluding tert-OH is 1. The predicted molar refractivity (Wildman–Crippen MR) is 149 cm³/mol. The van der Waals surface area contributed by atoms with Crippen molar-refractivity contribution in [2.75, 3.05) is 5.75 Å². The molecule has 0 unspecified atom stereocenters. The lowest BCUT2D eigenvalue weighted by atomic mass is 10.0. The Balaban J connectivity index is 1.39. The van der Waals surface area contributed by atoms with Crippen molar-refractivity contribution in [1.29, 1.82) is 0 Å². The predicted octanol–water partition coefficient (Wildman–Crippen LogP) is 4.41. The molecular weight excluding hydrogens is 532 g/mol. The first-order chi connectivity index (χ1) is 19.4. The van der Waals surface area contributed by atoms with Crippen molar-refractivity contribution in [3.8, 4) is 0 Å². The summed E-state index contributed by atoms with van der Waals surface area (Å²) in [5.41, 5.74) is 3.58. The molecule has 4 rings (SSSR count). The zero-order valence-electron chi connectivity index (χ0n) is 22.1. The number of benzene rings is 2. The molecule has 9 nitrogen and oxygen atoms in total. The number of hydrogen-bond acceptors (Lipinski definition) is 7. The van der Waals surface area contributed by atoms with Crippen molar-refractivity contribution < 1.29 is 34.0 Å². The molecule has 10 heteroatoms. The Bertz CT molecular complexity index is 1250. The summed E-state index contributed by atoms with van der Waals surface area (Å²) in [6.45, 7) is 0.344. The zero-order valence-corrected chi connectivity index (χ0v) is 22.9. The van der Waals surface area contributed by atoms with Crippen molar-refractivity contribution in [2.45, 2.75) is 68.8 Å². The molecule has 0 aliphatic carbocycles. The number of nitrogens with zero attached hydrogens (tertiary/aromatic N) is 1. The van der Waals surface area contributed by atoms with Crippen LogP contribution in [-0.4, -0.2) is 33.9 Å². The normalized spacial score (nSPS) is 18.8. The van der Waals surface area contributed by atoms with Gasteiger partial charge in [0.05, 0.1) is 18.8 Å². The fourth-order valence-electron chi connectivity index (χ4n) is 4.37. The van der Waals surface area contributed by atoms with Gasteiger partial charge in [0.15, 0.2) is 12.5 Å². The average molecular weight is 567 g/mol. The van der Waals surface area contributed by atoms with Crippen LogP contribution in [-0.2, 0) is 32.2 Å². The quantitative estimate of drug-likeness (QED) is 0.120. The molecule has 0 spiro atoms. The summed E-state index contributed by atoms with van der Waals surface area (Å²) in [5, 5.41) is 33.7. The van der Waals surface area contributed by atoms with Crippen molar-refractivity contribution in [1.82, 2.24) is 5.32 Å². The Morgan fingerprint density at radius 1 is 0.950 bits per heavy atom. The molecule has 1 amide bonds. The molecular formula is C30H34N2O7S. The molecule has 3 aromatic rings. The average Bonchev–Trinajstić information content (AvgIpc) is 2.98. The third-order valence-electron chi connectivity index (χ3n) is 6.61. The van der Waals surface area contributed by atoms with E-state index in [-0.39, 0.29) is 31.1 Å². The third kappa shape index (κ3) is 8.79. The van der Waals surface area contributed by atoms with Gasteiger partial charge in [0.1, 0.15) is 0 Å². The minimum absolute atomic E-state index is 0.0272. The number of hydrogen-bond donors (Lipinski definition) is 3. The molecule has 0 radical (unpaired) electrons. The van der Waals surface area contributed by atoms with Crippen LogP contribution in [0.2, 0.25) is 0 Å². The molecule has 1 aliphatic rings. The maximum Gasteiger partial charge on any atom is 0.303 e. The van der Waals surface area contributed by atoms with Gasteiger partial charge < -0.3 is 30.2 Å². The maximum atomic E-state index is 12.1. The number of aliphatic carboxylic acids is 1. The Morgan fingerprint density at radius 3 is 2.35 bits per heavy atom. The number of rotatable bonds is 13. The Hall–Kier alpha value is -3.44. The van der Waals surface area contributed by atoms with Crippen LogP contribution in [0.15, 0.2) is 78.0 Å². The highest BCUT2D eigenvalue weighted by molar-refractivity contribution is 7.99. The number of ether oxygens (including phenoxy) is 2. The fourth-order valence-corrected chi connectivity index (χ4v) is 5.30. The lowest BCUT2D eigenvalue weighted by Crippen LogP contribution is -2.32.